The lowest BCUT2D eigenvalue weighted by atomic mass is 10.1. The summed E-state index contributed by atoms with van der Waals surface area (Å²) in [4.78, 5) is 37.8. The summed E-state index contributed by atoms with van der Waals surface area (Å²) in [5.41, 5.74) is 1.53. The number of nitrogens with zero attached hydrogens (tertiary/aromatic N) is 1. The normalized spacial score (nSPS) is 14.9. The lowest BCUT2D eigenvalue weighted by Crippen LogP contribution is -2.42. The second kappa shape index (κ2) is 8.22. The highest BCUT2D eigenvalue weighted by Crippen LogP contribution is 2.26. The van der Waals surface area contributed by atoms with E-state index in [1.165, 1.54) is 6.07 Å². The van der Waals surface area contributed by atoms with Crippen molar-refractivity contribution in [2.75, 3.05) is 11.4 Å². The fraction of sp³-hybridized carbons (Fsp3) is 0.250. The predicted molar refractivity (Wildman–Crippen MR) is 102 cm³/mol. The molecule has 1 aliphatic rings. The predicted octanol–water partition coefficient (Wildman–Crippen LogP) is 2.89. The SMILES string of the molecule is O=C(N[C@@H](Cc1ccccc1)C(=O)O)c1cc(N2CCCC2=O)ccc1Cl. The van der Waals surface area contributed by atoms with E-state index >= 15 is 0 Å². The minimum Gasteiger partial charge on any atom is -0.480 e. The number of halogens is 1. The highest BCUT2D eigenvalue weighted by Gasteiger charge is 2.25. The second-order valence-electron chi connectivity index (χ2n) is 6.37. The summed E-state index contributed by atoms with van der Waals surface area (Å²) in [6.07, 6.45) is 1.40. The summed E-state index contributed by atoms with van der Waals surface area (Å²) in [5.74, 6) is -1.72. The molecule has 0 aromatic heterocycles. The van der Waals surface area contributed by atoms with Gasteiger partial charge in [-0.2, -0.15) is 0 Å². The molecule has 7 heteroatoms. The molecule has 3 rings (SSSR count). The van der Waals surface area contributed by atoms with Gasteiger partial charge in [0, 0.05) is 25.1 Å². The van der Waals surface area contributed by atoms with E-state index in [1.54, 1.807) is 29.2 Å². The summed E-state index contributed by atoms with van der Waals surface area (Å²) in [6, 6.07) is 12.7. The molecular formula is C20H19ClN2O4. The standard InChI is InChI=1S/C20H19ClN2O4/c21-16-9-8-14(23-10-4-7-18(23)24)12-15(16)19(25)22-17(20(26)27)11-13-5-2-1-3-6-13/h1-3,5-6,8-9,12,17H,4,7,10-11H2,(H,22,25)(H,26,27)/t17-/m0/s1. The van der Waals surface area contributed by atoms with Gasteiger partial charge in [0.15, 0.2) is 0 Å². The van der Waals surface area contributed by atoms with E-state index in [4.69, 9.17) is 11.6 Å². The fourth-order valence-electron chi connectivity index (χ4n) is 3.06. The van der Waals surface area contributed by atoms with Crippen LogP contribution in [0.15, 0.2) is 48.5 Å². The molecule has 0 bridgehead atoms. The van der Waals surface area contributed by atoms with Gasteiger partial charge in [0.1, 0.15) is 6.04 Å². The first-order valence-corrected chi connectivity index (χ1v) is 9.01. The van der Waals surface area contributed by atoms with Crippen molar-refractivity contribution in [2.45, 2.75) is 25.3 Å². The number of carbonyl (C=O) groups excluding carboxylic acids is 2. The Labute approximate surface area is 161 Å². The highest BCUT2D eigenvalue weighted by atomic mass is 35.5. The van der Waals surface area contributed by atoms with Crippen LogP contribution in [0, 0.1) is 0 Å². The van der Waals surface area contributed by atoms with E-state index in [1.807, 2.05) is 18.2 Å². The molecule has 1 fully saturated rings. The molecule has 27 heavy (non-hydrogen) atoms. The van der Waals surface area contributed by atoms with Gasteiger partial charge in [0.25, 0.3) is 5.91 Å². The quantitative estimate of drug-likeness (QED) is 0.799. The zero-order chi connectivity index (χ0) is 19.4. The summed E-state index contributed by atoms with van der Waals surface area (Å²) < 4.78 is 0. The van der Waals surface area contributed by atoms with Gasteiger partial charge in [0.05, 0.1) is 10.6 Å². The molecule has 2 aromatic carbocycles. The van der Waals surface area contributed by atoms with Gasteiger partial charge < -0.3 is 15.3 Å². The van der Waals surface area contributed by atoms with E-state index in [0.717, 1.165) is 12.0 Å². The molecule has 1 heterocycles. The maximum absolute atomic E-state index is 12.7. The summed E-state index contributed by atoms with van der Waals surface area (Å²) >= 11 is 6.15. The largest absolute Gasteiger partial charge is 0.480 e. The molecule has 6 nitrogen and oxygen atoms in total. The van der Waals surface area contributed by atoms with Crippen molar-refractivity contribution in [3.05, 3.63) is 64.7 Å². The number of carbonyl (C=O) groups is 3. The summed E-state index contributed by atoms with van der Waals surface area (Å²) in [6.45, 7) is 0.591. The van der Waals surface area contributed by atoms with Gasteiger partial charge in [-0.1, -0.05) is 41.9 Å². The zero-order valence-electron chi connectivity index (χ0n) is 14.5. The number of carboxylic acids is 1. The Morgan fingerprint density at radius 2 is 1.93 bits per heavy atom. The van der Waals surface area contributed by atoms with E-state index in [0.29, 0.717) is 18.7 Å². The second-order valence-corrected chi connectivity index (χ2v) is 6.77. The highest BCUT2D eigenvalue weighted by molar-refractivity contribution is 6.34. The number of carboxylic acid groups (broad SMARTS) is 1. The van der Waals surface area contributed by atoms with Crippen LogP contribution in [0.1, 0.15) is 28.8 Å². The Kier molecular flexibility index (Phi) is 5.76. The van der Waals surface area contributed by atoms with Gasteiger partial charge in [-0.05, 0) is 30.2 Å². The number of nitrogens with one attached hydrogen (secondary N) is 1. The van der Waals surface area contributed by atoms with Crippen LogP contribution in [-0.4, -0.2) is 35.5 Å². The third-order valence-electron chi connectivity index (χ3n) is 4.47. The number of benzene rings is 2. The van der Waals surface area contributed by atoms with Crippen LogP contribution < -0.4 is 10.2 Å². The number of rotatable bonds is 6. The van der Waals surface area contributed by atoms with E-state index in [9.17, 15) is 19.5 Å². The molecule has 140 valence electrons. The van der Waals surface area contributed by atoms with E-state index in [-0.39, 0.29) is 22.9 Å². The molecule has 2 N–H and O–H groups in total. The van der Waals surface area contributed by atoms with Gasteiger partial charge >= 0.3 is 5.97 Å². The molecule has 2 aromatic rings. The topological polar surface area (TPSA) is 86.7 Å². The van der Waals surface area contributed by atoms with Crippen LogP contribution >= 0.6 is 11.6 Å². The Morgan fingerprint density at radius 1 is 1.19 bits per heavy atom. The minimum atomic E-state index is -1.13. The molecule has 2 amide bonds. The number of aliphatic carboxylic acids is 1. The first-order chi connectivity index (χ1) is 13.0. The first-order valence-electron chi connectivity index (χ1n) is 8.63. The monoisotopic (exact) mass is 386 g/mol. The third kappa shape index (κ3) is 4.46. The van der Waals surface area contributed by atoms with Crippen LogP contribution in [0.4, 0.5) is 5.69 Å². The summed E-state index contributed by atoms with van der Waals surface area (Å²) in [7, 11) is 0. The lowest BCUT2D eigenvalue weighted by molar-refractivity contribution is -0.139. The van der Waals surface area contributed by atoms with Crippen molar-refractivity contribution in [1.29, 1.82) is 0 Å². The molecule has 0 aliphatic carbocycles. The van der Waals surface area contributed by atoms with Crippen LogP contribution in [0.25, 0.3) is 0 Å². The van der Waals surface area contributed by atoms with Crippen LogP contribution in [0.5, 0.6) is 0 Å². The number of anilines is 1. The van der Waals surface area contributed by atoms with Crippen molar-refractivity contribution in [2.24, 2.45) is 0 Å². The summed E-state index contributed by atoms with van der Waals surface area (Å²) in [5, 5.41) is 12.2. The lowest BCUT2D eigenvalue weighted by Gasteiger charge is -2.19. The minimum absolute atomic E-state index is 0.00355. The average molecular weight is 387 g/mol. The van der Waals surface area contributed by atoms with Gasteiger partial charge in [0.2, 0.25) is 5.91 Å². The van der Waals surface area contributed by atoms with Gasteiger partial charge in [-0.25, -0.2) is 4.79 Å². The fourth-order valence-corrected chi connectivity index (χ4v) is 3.27. The Balaban J connectivity index is 1.79. The molecular weight excluding hydrogens is 368 g/mol. The average Bonchev–Trinajstić information content (AvgIpc) is 3.08. The Bertz CT molecular complexity index is 870. The molecule has 0 saturated carbocycles. The zero-order valence-corrected chi connectivity index (χ0v) is 15.3. The molecule has 0 radical (unpaired) electrons. The van der Waals surface area contributed by atoms with Gasteiger partial charge in [-0.3, -0.25) is 9.59 Å². The van der Waals surface area contributed by atoms with E-state index in [2.05, 4.69) is 5.32 Å². The van der Waals surface area contributed by atoms with E-state index < -0.39 is 17.9 Å². The molecule has 1 saturated heterocycles. The van der Waals surface area contributed by atoms with Crippen molar-refractivity contribution < 1.29 is 19.5 Å². The van der Waals surface area contributed by atoms with Crippen LogP contribution in [0.3, 0.4) is 0 Å². The van der Waals surface area contributed by atoms with Crippen LogP contribution in [0.2, 0.25) is 5.02 Å². The van der Waals surface area contributed by atoms with Gasteiger partial charge in [-0.15, -0.1) is 0 Å². The van der Waals surface area contributed by atoms with Crippen molar-refractivity contribution >= 4 is 35.1 Å². The van der Waals surface area contributed by atoms with Crippen molar-refractivity contribution in [3.8, 4) is 0 Å². The number of hydrogen-bond acceptors (Lipinski definition) is 3. The molecule has 0 unspecified atom stereocenters. The smallest absolute Gasteiger partial charge is 0.326 e. The maximum Gasteiger partial charge on any atom is 0.326 e. The number of hydrogen-bond donors (Lipinski definition) is 2. The molecule has 1 aliphatic heterocycles. The maximum atomic E-state index is 12.7. The third-order valence-corrected chi connectivity index (χ3v) is 4.80. The molecule has 1 atom stereocenters. The van der Waals surface area contributed by atoms with Crippen molar-refractivity contribution in [3.63, 3.8) is 0 Å². The Hall–Kier alpha value is -2.86. The van der Waals surface area contributed by atoms with Crippen LogP contribution in [-0.2, 0) is 16.0 Å². The molecule has 0 spiro atoms. The van der Waals surface area contributed by atoms with Crippen molar-refractivity contribution in [1.82, 2.24) is 5.32 Å². The Morgan fingerprint density at radius 3 is 2.56 bits per heavy atom. The first kappa shape index (κ1) is 18.9. The number of amides is 2.